The number of phosphoric ester groups is 2. The first-order valence-electron chi connectivity index (χ1n) is 10.8. The highest BCUT2D eigenvalue weighted by atomic mass is 31.3. The molecule has 22 nitrogen and oxygen atoms in total. The number of fused-ring (bicyclic) bond motifs is 1. The van der Waals surface area contributed by atoms with Gasteiger partial charge >= 0.3 is 23.5 Å². The summed E-state index contributed by atoms with van der Waals surface area (Å²) in [5, 5.41) is 39.7. The Morgan fingerprint density at radius 3 is 2.10 bits per heavy atom. The number of imidazole rings is 1. The zero-order chi connectivity index (χ0) is 29.6. The molecule has 0 aromatic carbocycles. The maximum absolute atomic E-state index is 12.7. The number of aromatic nitrogens is 4. The van der Waals surface area contributed by atoms with Gasteiger partial charge in [-0.3, -0.25) is 18.1 Å². The molecular formula is C15H24N5O17P3. The molecule has 0 amide bonds. The Bertz CT molecular complexity index is 1360. The second-order valence-corrected chi connectivity index (χ2v) is 12.6. The van der Waals surface area contributed by atoms with Crippen LogP contribution in [-0.2, 0) is 41.1 Å². The highest BCUT2D eigenvalue weighted by Crippen LogP contribution is 2.58. The molecule has 0 bridgehead atoms. The highest BCUT2D eigenvalue weighted by Gasteiger charge is 2.51. The van der Waals surface area contributed by atoms with E-state index in [-0.39, 0.29) is 17.0 Å². The van der Waals surface area contributed by atoms with E-state index >= 15 is 0 Å². The number of nitrogen functional groups attached to an aromatic ring is 1. The van der Waals surface area contributed by atoms with Crippen molar-refractivity contribution in [2.45, 2.75) is 49.1 Å². The fourth-order valence-corrected chi connectivity index (χ4v) is 6.33. The van der Waals surface area contributed by atoms with E-state index in [4.69, 9.17) is 34.0 Å². The molecule has 0 aliphatic carbocycles. The van der Waals surface area contributed by atoms with Crippen molar-refractivity contribution in [2.75, 3.05) is 18.9 Å². The molecule has 2 aliphatic rings. The second kappa shape index (κ2) is 11.6. The van der Waals surface area contributed by atoms with Crippen LogP contribution >= 0.6 is 23.5 Å². The SMILES string of the molecule is Nc1ncnc2c1ncn2[C@@H]1O[C@H](COP(=O)(O)OP(=O)(O)O)[C@@H](O)[C@H]1OP(=O)(O)OC[C@H]1OC(O)[C@H](O)[C@@H]1O. The van der Waals surface area contributed by atoms with Crippen LogP contribution in [0.1, 0.15) is 6.23 Å². The lowest BCUT2D eigenvalue weighted by Crippen LogP contribution is -2.36. The van der Waals surface area contributed by atoms with Crippen LogP contribution < -0.4 is 5.73 Å². The number of nitrogens with zero attached hydrogens (tertiary/aromatic N) is 4. The lowest BCUT2D eigenvalue weighted by molar-refractivity contribution is -0.133. The number of ether oxygens (including phenoxy) is 2. The first-order valence-corrected chi connectivity index (χ1v) is 15.4. The van der Waals surface area contributed by atoms with Crippen LogP contribution in [0.2, 0.25) is 0 Å². The number of anilines is 1. The number of hydrogen-bond donors (Lipinski definition) is 9. The molecule has 10 N–H and O–H groups in total. The maximum Gasteiger partial charge on any atom is 0.481 e. The molecule has 25 heteroatoms. The summed E-state index contributed by atoms with van der Waals surface area (Å²) in [5.41, 5.74) is 5.81. The number of nitrogens with two attached hydrogens (primary N) is 1. The zero-order valence-corrected chi connectivity index (χ0v) is 22.3. The molecule has 2 fully saturated rings. The molecule has 0 radical (unpaired) electrons. The summed E-state index contributed by atoms with van der Waals surface area (Å²) in [4.78, 5) is 49.1. The fourth-order valence-electron chi connectivity index (χ4n) is 3.79. The van der Waals surface area contributed by atoms with Gasteiger partial charge in [0, 0.05) is 0 Å². The van der Waals surface area contributed by atoms with Crippen LogP contribution in [0.3, 0.4) is 0 Å². The van der Waals surface area contributed by atoms with Gasteiger partial charge in [0.25, 0.3) is 0 Å². The number of hydrogen-bond acceptors (Lipinski definition) is 17. The monoisotopic (exact) mass is 639 g/mol. The Labute approximate surface area is 222 Å². The molecule has 10 atom stereocenters. The van der Waals surface area contributed by atoms with Gasteiger partial charge in [0.1, 0.15) is 48.5 Å². The van der Waals surface area contributed by atoms with E-state index in [1.165, 1.54) is 0 Å². The van der Waals surface area contributed by atoms with E-state index in [9.17, 15) is 43.9 Å². The van der Waals surface area contributed by atoms with Crippen LogP contribution in [0.4, 0.5) is 5.82 Å². The van der Waals surface area contributed by atoms with Crippen molar-refractivity contribution in [2.24, 2.45) is 0 Å². The molecule has 2 aromatic heterocycles. The Morgan fingerprint density at radius 2 is 1.50 bits per heavy atom. The summed E-state index contributed by atoms with van der Waals surface area (Å²) in [6, 6.07) is 0. The van der Waals surface area contributed by atoms with Crippen molar-refractivity contribution in [1.82, 2.24) is 19.5 Å². The van der Waals surface area contributed by atoms with Gasteiger partial charge in [-0.05, 0) is 0 Å². The molecule has 0 spiro atoms. The molecular weight excluding hydrogens is 615 g/mol. The third-order valence-corrected chi connectivity index (χ3v) is 8.72. The molecule has 3 unspecified atom stereocenters. The predicted molar refractivity (Wildman–Crippen MR) is 122 cm³/mol. The molecule has 2 aromatic rings. The average molecular weight is 639 g/mol. The first kappa shape index (κ1) is 31.4. The van der Waals surface area contributed by atoms with Crippen LogP contribution in [-0.4, -0.2) is 116 Å². The topological polar surface area (TPSA) is 338 Å². The van der Waals surface area contributed by atoms with Gasteiger partial charge in [0.15, 0.2) is 24.0 Å². The predicted octanol–water partition coefficient (Wildman–Crippen LogP) is -3.17. The second-order valence-electron chi connectivity index (χ2n) is 8.36. The van der Waals surface area contributed by atoms with E-state index < -0.39 is 85.8 Å². The molecule has 4 heterocycles. The summed E-state index contributed by atoms with van der Waals surface area (Å²) in [6.07, 6.45) is -11.5. The van der Waals surface area contributed by atoms with Crippen LogP contribution in [0.25, 0.3) is 11.2 Å². The first-order chi connectivity index (χ1) is 18.5. The normalized spacial score (nSPS) is 34.2. The number of aliphatic hydroxyl groups excluding tert-OH is 4. The highest BCUT2D eigenvalue weighted by molar-refractivity contribution is 7.60. The van der Waals surface area contributed by atoms with E-state index in [2.05, 4.69) is 23.8 Å². The minimum Gasteiger partial charge on any atom is -0.387 e. The molecule has 226 valence electrons. The van der Waals surface area contributed by atoms with Crippen molar-refractivity contribution in [3.8, 4) is 0 Å². The van der Waals surface area contributed by atoms with Gasteiger partial charge in [0.2, 0.25) is 0 Å². The van der Waals surface area contributed by atoms with Crippen molar-refractivity contribution < 1.29 is 81.1 Å². The lowest BCUT2D eigenvalue weighted by atomic mass is 10.1. The third-order valence-electron chi connectivity index (χ3n) is 5.58. The van der Waals surface area contributed by atoms with Gasteiger partial charge in [-0.25, -0.2) is 28.6 Å². The number of phosphoric acid groups is 3. The van der Waals surface area contributed by atoms with Crippen molar-refractivity contribution in [1.29, 1.82) is 0 Å². The van der Waals surface area contributed by atoms with E-state index in [0.29, 0.717) is 0 Å². The van der Waals surface area contributed by atoms with E-state index in [1.54, 1.807) is 0 Å². The maximum atomic E-state index is 12.7. The summed E-state index contributed by atoms with van der Waals surface area (Å²) in [7, 11) is -16.0. The smallest absolute Gasteiger partial charge is 0.387 e. The average Bonchev–Trinajstić information content (AvgIpc) is 3.46. The van der Waals surface area contributed by atoms with Gasteiger partial charge in [-0.2, -0.15) is 4.31 Å². The molecule has 2 aliphatic heterocycles. The standard InChI is InChI=1S/C15H24N5O17P3/c16-12-7-13(18-3-17-12)20(4-19-7)14-11(9(22)6(34-14)2-33-40(30,31)37-38(25,26)27)36-39(28,29)32-1-5-8(21)10(23)15(24)35-5/h3-6,8-11,14-15,21-24H,1-2H2,(H,28,29)(H,30,31)(H2,16,17,18)(H2,25,26,27)/t5-,6-,8-,9-,10-,11-,14-,15?/m1/s1. The Morgan fingerprint density at radius 1 is 0.875 bits per heavy atom. The van der Waals surface area contributed by atoms with Gasteiger partial charge in [-0.15, -0.1) is 0 Å². The molecule has 40 heavy (non-hydrogen) atoms. The zero-order valence-electron chi connectivity index (χ0n) is 19.6. The summed E-state index contributed by atoms with van der Waals surface area (Å²) in [5.74, 6) is -0.0638. The number of rotatable bonds is 11. The van der Waals surface area contributed by atoms with E-state index in [1.807, 2.05) is 0 Å². The van der Waals surface area contributed by atoms with Crippen LogP contribution in [0, 0.1) is 0 Å². The fraction of sp³-hybridized carbons (Fsp3) is 0.667. The Kier molecular flexibility index (Phi) is 9.14. The quantitative estimate of drug-likeness (QED) is 0.109. The van der Waals surface area contributed by atoms with E-state index in [0.717, 1.165) is 17.2 Å². The summed E-state index contributed by atoms with van der Waals surface area (Å²) < 4.78 is 65.0. The van der Waals surface area contributed by atoms with Crippen molar-refractivity contribution in [3.63, 3.8) is 0 Å². The minimum atomic E-state index is -5.47. The minimum absolute atomic E-state index is 0.00308. The lowest BCUT2D eigenvalue weighted by Gasteiger charge is -2.24. The molecule has 0 saturated carbocycles. The Hall–Kier alpha value is -1.52. The van der Waals surface area contributed by atoms with Gasteiger partial charge in [-0.1, -0.05) is 0 Å². The van der Waals surface area contributed by atoms with Crippen LogP contribution in [0.5, 0.6) is 0 Å². The van der Waals surface area contributed by atoms with Crippen molar-refractivity contribution >= 4 is 40.4 Å². The van der Waals surface area contributed by atoms with Gasteiger partial charge in [0.05, 0.1) is 19.5 Å². The Balaban J connectivity index is 1.55. The summed E-state index contributed by atoms with van der Waals surface area (Å²) in [6.45, 7) is -1.92. The number of aliphatic hydroxyl groups is 4. The molecule has 2 saturated heterocycles. The summed E-state index contributed by atoms with van der Waals surface area (Å²) >= 11 is 0. The van der Waals surface area contributed by atoms with Crippen molar-refractivity contribution in [3.05, 3.63) is 12.7 Å². The molecule has 4 rings (SSSR count). The van der Waals surface area contributed by atoms with Crippen LogP contribution in [0.15, 0.2) is 12.7 Å². The largest absolute Gasteiger partial charge is 0.481 e. The third kappa shape index (κ3) is 7.09. The van der Waals surface area contributed by atoms with Gasteiger partial charge < -0.3 is 55.2 Å².